The van der Waals surface area contributed by atoms with E-state index < -0.39 is 0 Å². The molecule has 0 atom stereocenters. The minimum Gasteiger partial charge on any atom is -0.377 e. The van der Waals surface area contributed by atoms with Gasteiger partial charge in [-0.25, -0.2) is 0 Å². The van der Waals surface area contributed by atoms with E-state index in [4.69, 9.17) is 0 Å². The summed E-state index contributed by atoms with van der Waals surface area (Å²) in [6.45, 7) is 4.48. The number of fused-ring (bicyclic) bond motifs is 1. The van der Waals surface area contributed by atoms with Crippen molar-refractivity contribution in [2.24, 2.45) is 0 Å². The van der Waals surface area contributed by atoms with Crippen molar-refractivity contribution in [3.63, 3.8) is 0 Å². The minimum atomic E-state index is 0.211. The predicted molar refractivity (Wildman–Crippen MR) is 48.7 cm³/mol. The quantitative estimate of drug-likeness (QED) is 0.629. The van der Waals surface area contributed by atoms with Crippen molar-refractivity contribution in [1.29, 1.82) is 0 Å². The monoisotopic (exact) mass is 161 g/mol. The fraction of sp³-hybridized carbons (Fsp3) is 0.300. The van der Waals surface area contributed by atoms with Crippen molar-refractivity contribution in [1.82, 2.24) is 0 Å². The number of carbonyl (C=O) groups is 1. The van der Waals surface area contributed by atoms with Crippen LogP contribution < -0.4 is 5.32 Å². The van der Waals surface area contributed by atoms with Crippen LogP contribution in [0.3, 0.4) is 0 Å². The summed E-state index contributed by atoms with van der Waals surface area (Å²) in [6.07, 6.45) is 0. The van der Waals surface area contributed by atoms with Crippen LogP contribution in [0.15, 0.2) is 12.1 Å². The standard InChI is InChI=1S/C10H11NO/c1-6-3-7(2)10-8(4-6)11-5-9(10)12/h3-4,11H,5H2,1-2H3. The average molecular weight is 161 g/mol. The molecule has 0 amide bonds. The number of carbonyl (C=O) groups excluding carboxylic acids is 1. The molecule has 0 aliphatic carbocycles. The molecule has 1 aromatic carbocycles. The minimum absolute atomic E-state index is 0.211. The third kappa shape index (κ3) is 0.916. The van der Waals surface area contributed by atoms with Gasteiger partial charge in [0, 0.05) is 11.3 Å². The molecule has 0 saturated heterocycles. The number of hydrogen-bond donors (Lipinski definition) is 1. The lowest BCUT2D eigenvalue weighted by molar-refractivity contribution is 0.101. The number of nitrogens with one attached hydrogen (secondary N) is 1. The van der Waals surface area contributed by atoms with Crippen molar-refractivity contribution in [2.45, 2.75) is 13.8 Å². The Balaban J connectivity index is 2.68. The van der Waals surface area contributed by atoms with E-state index in [9.17, 15) is 4.79 Å². The van der Waals surface area contributed by atoms with Crippen LogP contribution in [0, 0.1) is 13.8 Å². The first-order chi connectivity index (χ1) is 5.68. The number of rotatable bonds is 0. The van der Waals surface area contributed by atoms with Gasteiger partial charge in [0.1, 0.15) is 0 Å². The molecule has 0 radical (unpaired) electrons. The molecule has 1 heterocycles. The van der Waals surface area contributed by atoms with Gasteiger partial charge in [-0.05, 0) is 31.0 Å². The number of anilines is 1. The van der Waals surface area contributed by atoms with E-state index in [1.54, 1.807) is 0 Å². The maximum absolute atomic E-state index is 11.3. The zero-order valence-electron chi connectivity index (χ0n) is 7.27. The zero-order chi connectivity index (χ0) is 8.72. The highest BCUT2D eigenvalue weighted by Crippen LogP contribution is 2.26. The maximum atomic E-state index is 11.3. The Bertz CT molecular complexity index is 355. The van der Waals surface area contributed by atoms with E-state index in [2.05, 4.69) is 5.32 Å². The molecule has 62 valence electrons. The van der Waals surface area contributed by atoms with Gasteiger partial charge in [0.2, 0.25) is 0 Å². The van der Waals surface area contributed by atoms with E-state index >= 15 is 0 Å². The van der Waals surface area contributed by atoms with E-state index in [-0.39, 0.29) is 5.78 Å². The molecule has 0 saturated carbocycles. The fourth-order valence-corrected chi connectivity index (χ4v) is 1.74. The van der Waals surface area contributed by atoms with Crippen LogP contribution >= 0.6 is 0 Å². The third-order valence-electron chi connectivity index (χ3n) is 2.20. The molecule has 1 aliphatic heterocycles. The number of ketones is 1. The van der Waals surface area contributed by atoms with Crippen molar-refractivity contribution >= 4 is 11.5 Å². The second-order valence-corrected chi connectivity index (χ2v) is 3.28. The van der Waals surface area contributed by atoms with Crippen molar-refractivity contribution in [3.8, 4) is 0 Å². The Morgan fingerprint density at radius 1 is 1.33 bits per heavy atom. The summed E-state index contributed by atoms with van der Waals surface area (Å²) in [5, 5.41) is 3.08. The van der Waals surface area contributed by atoms with Gasteiger partial charge >= 0.3 is 0 Å². The summed E-state index contributed by atoms with van der Waals surface area (Å²) in [5.74, 6) is 0.211. The summed E-state index contributed by atoms with van der Waals surface area (Å²) < 4.78 is 0. The normalized spacial score (nSPS) is 14.3. The lowest BCUT2D eigenvalue weighted by atomic mass is 10.0. The first-order valence-corrected chi connectivity index (χ1v) is 4.07. The SMILES string of the molecule is Cc1cc(C)c2c(c1)NCC2=O. The maximum Gasteiger partial charge on any atom is 0.184 e. The Kier molecular flexibility index (Phi) is 1.43. The molecular weight excluding hydrogens is 150 g/mol. The summed E-state index contributed by atoms with van der Waals surface area (Å²) in [7, 11) is 0. The molecule has 2 rings (SSSR count). The van der Waals surface area contributed by atoms with E-state index in [0.717, 1.165) is 16.8 Å². The van der Waals surface area contributed by atoms with Crippen LogP contribution in [-0.2, 0) is 0 Å². The molecule has 1 N–H and O–H groups in total. The lowest BCUT2D eigenvalue weighted by Gasteiger charge is -2.03. The summed E-state index contributed by atoms with van der Waals surface area (Å²) in [6, 6.07) is 4.07. The van der Waals surface area contributed by atoms with Crippen LogP contribution in [0.2, 0.25) is 0 Å². The smallest absolute Gasteiger partial charge is 0.184 e. The van der Waals surface area contributed by atoms with Crippen LogP contribution in [0.5, 0.6) is 0 Å². The number of hydrogen-bond acceptors (Lipinski definition) is 2. The average Bonchev–Trinajstić information content (AvgIpc) is 2.31. The molecule has 12 heavy (non-hydrogen) atoms. The molecule has 0 fully saturated rings. The van der Waals surface area contributed by atoms with Crippen LogP contribution in [0.1, 0.15) is 21.5 Å². The summed E-state index contributed by atoms with van der Waals surface area (Å²) >= 11 is 0. The van der Waals surface area contributed by atoms with Gasteiger partial charge in [0.15, 0.2) is 5.78 Å². The summed E-state index contributed by atoms with van der Waals surface area (Å²) in [4.78, 5) is 11.3. The molecule has 1 aliphatic rings. The molecule has 0 bridgehead atoms. The Hall–Kier alpha value is -1.31. The first kappa shape index (κ1) is 7.35. The highest BCUT2D eigenvalue weighted by molar-refractivity contribution is 6.09. The second-order valence-electron chi connectivity index (χ2n) is 3.28. The van der Waals surface area contributed by atoms with Crippen molar-refractivity contribution < 1.29 is 4.79 Å². The highest BCUT2D eigenvalue weighted by Gasteiger charge is 2.20. The Labute approximate surface area is 71.6 Å². The van der Waals surface area contributed by atoms with Gasteiger partial charge in [-0.2, -0.15) is 0 Å². The van der Waals surface area contributed by atoms with Gasteiger partial charge in [0.05, 0.1) is 6.54 Å². The van der Waals surface area contributed by atoms with Crippen LogP contribution in [-0.4, -0.2) is 12.3 Å². The topological polar surface area (TPSA) is 29.1 Å². The predicted octanol–water partition coefficient (Wildman–Crippen LogP) is 1.91. The van der Waals surface area contributed by atoms with Gasteiger partial charge in [-0.3, -0.25) is 4.79 Å². The zero-order valence-corrected chi connectivity index (χ0v) is 7.27. The van der Waals surface area contributed by atoms with Gasteiger partial charge in [0.25, 0.3) is 0 Å². The molecule has 0 spiro atoms. The fourth-order valence-electron chi connectivity index (χ4n) is 1.74. The first-order valence-electron chi connectivity index (χ1n) is 4.07. The third-order valence-corrected chi connectivity index (χ3v) is 2.20. The molecule has 2 nitrogen and oxygen atoms in total. The summed E-state index contributed by atoms with van der Waals surface area (Å²) in [5.41, 5.74) is 4.16. The van der Waals surface area contributed by atoms with Crippen LogP contribution in [0.25, 0.3) is 0 Å². The number of benzene rings is 1. The van der Waals surface area contributed by atoms with Crippen molar-refractivity contribution in [2.75, 3.05) is 11.9 Å². The van der Waals surface area contributed by atoms with Crippen molar-refractivity contribution in [3.05, 3.63) is 28.8 Å². The van der Waals surface area contributed by atoms with E-state index in [0.29, 0.717) is 6.54 Å². The molecular formula is C10H11NO. The highest BCUT2D eigenvalue weighted by atomic mass is 16.1. The second kappa shape index (κ2) is 2.34. The molecule has 2 heteroatoms. The Morgan fingerprint density at radius 2 is 2.08 bits per heavy atom. The molecule has 0 aromatic heterocycles. The van der Waals surface area contributed by atoms with E-state index in [1.165, 1.54) is 5.56 Å². The number of aryl methyl sites for hydroxylation is 2. The van der Waals surface area contributed by atoms with E-state index in [1.807, 2.05) is 26.0 Å². The molecule has 0 unspecified atom stereocenters. The van der Waals surface area contributed by atoms with Gasteiger partial charge in [-0.1, -0.05) is 6.07 Å². The number of Topliss-reactive ketones (excluding diaryl/α,β-unsaturated/α-hetero) is 1. The van der Waals surface area contributed by atoms with Gasteiger partial charge < -0.3 is 5.32 Å². The Morgan fingerprint density at radius 3 is 2.83 bits per heavy atom. The van der Waals surface area contributed by atoms with Gasteiger partial charge in [-0.15, -0.1) is 0 Å². The lowest BCUT2D eigenvalue weighted by Crippen LogP contribution is -2.01. The molecule has 1 aromatic rings. The van der Waals surface area contributed by atoms with Crippen LogP contribution in [0.4, 0.5) is 5.69 Å². The largest absolute Gasteiger partial charge is 0.377 e.